The van der Waals surface area contributed by atoms with Crippen LogP contribution >= 0.6 is 0 Å². The van der Waals surface area contributed by atoms with E-state index < -0.39 is 0 Å². The van der Waals surface area contributed by atoms with Gasteiger partial charge in [-0.2, -0.15) is 0 Å². The van der Waals surface area contributed by atoms with Crippen molar-refractivity contribution in [3.8, 4) is 0 Å². The first kappa shape index (κ1) is 11.7. The number of likely N-dealkylation sites (tertiary alicyclic amines) is 1. The topological polar surface area (TPSA) is 58.4 Å². The quantitative estimate of drug-likeness (QED) is 0.761. The van der Waals surface area contributed by atoms with Gasteiger partial charge in [0.2, 0.25) is 0 Å². The highest BCUT2D eigenvalue weighted by Gasteiger charge is 2.25. The zero-order valence-electron chi connectivity index (χ0n) is 9.95. The number of nitrogens with two attached hydrogens (primary N) is 1. The molecule has 2 aliphatic rings. The summed E-state index contributed by atoms with van der Waals surface area (Å²) in [6.45, 7) is 2.59. The van der Waals surface area contributed by atoms with Gasteiger partial charge in [0, 0.05) is 19.1 Å². The van der Waals surface area contributed by atoms with Gasteiger partial charge in [0.15, 0.2) is 0 Å². The Balaban J connectivity index is 1.68. The van der Waals surface area contributed by atoms with E-state index in [0.717, 1.165) is 57.7 Å². The lowest BCUT2D eigenvalue weighted by molar-refractivity contribution is 0.160. The van der Waals surface area contributed by atoms with Crippen LogP contribution in [0.1, 0.15) is 38.5 Å². The minimum Gasteiger partial charge on any atom is -0.335 e. The van der Waals surface area contributed by atoms with Gasteiger partial charge in [-0.3, -0.25) is 0 Å². The Hall–Kier alpha value is -0.770. The predicted molar refractivity (Wildman–Crippen MR) is 64.1 cm³/mol. The molecule has 4 nitrogen and oxygen atoms in total. The third kappa shape index (κ3) is 2.88. The van der Waals surface area contributed by atoms with Gasteiger partial charge in [0.05, 0.1) is 0 Å². The molecule has 1 heterocycles. The van der Waals surface area contributed by atoms with Crippen molar-refractivity contribution in [2.24, 2.45) is 11.7 Å². The summed E-state index contributed by atoms with van der Waals surface area (Å²) in [5, 5.41) is 3.10. The fourth-order valence-electron chi connectivity index (χ4n) is 2.48. The van der Waals surface area contributed by atoms with E-state index in [1.54, 1.807) is 0 Å². The number of piperidine rings is 1. The van der Waals surface area contributed by atoms with Crippen LogP contribution in [0.4, 0.5) is 4.79 Å². The van der Waals surface area contributed by atoms with Crippen molar-refractivity contribution in [3.05, 3.63) is 0 Å². The number of amides is 2. The molecule has 0 unspecified atom stereocenters. The van der Waals surface area contributed by atoms with E-state index in [4.69, 9.17) is 5.73 Å². The molecule has 0 bridgehead atoms. The normalized spacial score (nSPS) is 22.9. The molecule has 1 saturated carbocycles. The Morgan fingerprint density at radius 1 is 1.25 bits per heavy atom. The molecule has 0 aromatic rings. The first-order valence-electron chi connectivity index (χ1n) is 6.55. The van der Waals surface area contributed by atoms with Gasteiger partial charge in [-0.05, 0) is 51.0 Å². The summed E-state index contributed by atoms with van der Waals surface area (Å²) in [4.78, 5) is 13.8. The largest absolute Gasteiger partial charge is 0.335 e. The van der Waals surface area contributed by atoms with E-state index in [1.807, 2.05) is 4.90 Å². The second-order valence-electron chi connectivity index (χ2n) is 5.09. The Morgan fingerprint density at radius 2 is 1.94 bits per heavy atom. The zero-order chi connectivity index (χ0) is 11.4. The smallest absolute Gasteiger partial charge is 0.317 e. The Labute approximate surface area is 97.6 Å². The minimum atomic E-state index is 0.149. The molecule has 0 spiro atoms. The zero-order valence-corrected chi connectivity index (χ0v) is 9.95. The molecular weight excluding hydrogens is 202 g/mol. The van der Waals surface area contributed by atoms with Crippen LogP contribution in [-0.2, 0) is 0 Å². The van der Waals surface area contributed by atoms with E-state index in [1.165, 1.54) is 6.42 Å². The van der Waals surface area contributed by atoms with Gasteiger partial charge in [0.1, 0.15) is 0 Å². The van der Waals surface area contributed by atoms with E-state index >= 15 is 0 Å². The molecule has 2 amide bonds. The fraction of sp³-hybridized carbons (Fsp3) is 0.917. The van der Waals surface area contributed by atoms with Crippen molar-refractivity contribution in [1.29, 1.82) is 0 Å². The third-order valence-corrected chi connectivity index (χ3v) is 3.91. The van der Waals surface area contributed by atoms with Crippen molar-refractivity contribution in [3.63, 3.8) is 0 Å². The average molecular weight is 225 g/mol. The molecule has 0 aromatic heterocycles. The number of nitrogens with zero attached hydrogens (tertiary/aromatic N) is 1. The molecule has 0 radical (unpaired) electrons. The summed E-state index contributed by atoms with van der Waals surface area (Å²) >= 11 is 0. The number of carbonyl (C=O) groups is 1. The molecule has 0 atom stereocenters. The molecule has 1 aliphatic heterocycles. The Kier molecular flexibility index (Phi) is 4.04. The lowest BCUT2D eigenvalue weighted by atomic mass is 9.92. The van der Waals surface area contributed by atoms with Gasteiger partial charge >= 0.3 is 6.03 Å². The van der Waals surface area contributed by atoms with Crippen molar-refractivity contribution in [1.82, 2.24) is 10.2 Å². The lowest BCUT2D eigenvalue weighted by Gasteiger charge is -2.35. The second-order valence-corrected chi connectivity index (χ2v) is 5.09. The maximum Gasteiger partial charge on any atom is 0.317 e. The van der Waals surface area contributed by atoms with Crippen LogP contribution in [0.5, 0.6) is 0 Å². The first-order valence-corrected chi connectivity index (χ1v) is 6.55. The summed E-state index contributed by atoms with van der Waals surface area (Å²) in [6, 6.07) is 0.602. The number of nitrogens with one attached hydrogen (secondary N) is 1. The number of rotatable bonds is 3. The van der Waals surface area contributed by atoms with E-state index in [-0.39, 0.29) is 6.03 Å². The van der Waals surface area contributed by atoms with Crippen LogP contribution < -0.4 is 11.1 Å². The van der Waals surface area contributed by atoms with Crippen LogP contribution in [0.2, 0.25) is 0 Å². The molecule has 2 rings (SSSR count). The monoisotopic (exact) mass is 225 g/mol. The van der Waals surface area contributed by atoms with E-state index in [9.17, 15) is 4.79 Å². The summed E-state index contributed by atoms with van der Waals surface area (Å²) in [5.41, 5.74) is 5.55. The highest BCUT2D eigenvalue weighted by Crippen LogP contribution is 2.21. The van der Waals surface area contributed by atoms with Gasteiger partial charge in [-0.1, -0.05) is 0 Å². The second kappa shape index (κ2) is 5.53. The molecule has 16 heavy (non-hydrogen) atoms. The van der Waals surface area contributed by atoms with Crippen molar-refractivity contribution in [2.45, 2.75) is 44.6 Å². The van der Waals surface area contributed by atoms with Gasteiger partial charge in [-0.25, -0.2) is 4.79 Å². The van der Waals surface area contributed by atoms with Crippen molar-refractivity contribution >= 4 is 6.03 Å². The van der Waals surface area contributed by atoms with Gasteiger partial charge in [0.25, 0.3) is 0 Å². The van der Waals surface area contributed by atoms with Crippen LogP contribution in [0, 0.1) is 5.92 Å². The number of hydrogen-bond donors (Lipinski definition) is 2. The molecule has 1 saturated heterocycles. The van der Waals surface area contributed by atoms with Gasteiger partial charge in [-0.15, -0.1) is 0 Å². The summed E-state index contributed by atoms with van der Waals surface area (Å²) < 4.78 is 0. The molecule has 4 heteroatoms. The maximum absolute atomic E-state index is 11.9. The molecule has 0 aromatic carbocycles. The minimum absolute atomic E-state index is 0.149. The van der Waals surface area contributed by atoms with Gasteiger partial charge < -0.3 is 16.0 Å². The first-order chi connectivity index (χ1) is 7.79. The maximum atomic E-state index is 11.9. The predicted octanol–water partition coefficient (Wildman–Crippen LogP) is 1.31. The average Bonchev–Trinajstić information content (AvgIpc) is 2.25. The third-order valence-electron chi connectivity index (χ3n) is 3.91. The summed E-state index contributed by atoms with van der Waals surface area (Å²) in [6.07, 6.45) is 6.94. The number of hydrogen-bond acceptors (Lipinski definition) is 2. The molecule has 1 aliphatic carbocycles. The highest BCUT2D eigenvalue weighted by molar-refractivity contribution is 5.74. The highest BCUT2D eigenvalue weighted by atomic mass is 16.2. The summed E-state index contributed by atoms with van der Waals surface area (Å²) in [5.74, 6) is 0.734. The standard InChI is InChI=1S/C12H23N3O/c13-7-4-10-5-8-15(9-6-10)12(16)14-11-2-1-3-11/h10-11H,1-9,13H2,(H,14,16). The number of carbonyl (C=O) groups excluding carboxylic acids is 1. The van der Waals surface area contributed by atoms with Crippen LogP contribution in [-0.4, -0.2) is 36.6 Å². The van der Waals surface area contributed by atoms with Crippen molar-refractivity contribution < 1.29 is 4.79 Å². The fourth-order valence-corrected chi connectivity index (χ4v) is 2.48. The Morgan fingerprint density at radius 3 is 2.44 bits per heavy atom. The molecule has 92 valence electrons. The van der Waals surface area contributed by atoms with Crippen LogP contribution in [0.15, 0.2) is 0 Å². The Bertz CT molecular complexity index is 232. The van der Waals surface area contributed by atoms with Crippen LogP contribution in [0.3, 0.4) is 0 Å². The van der Waals surface area contributed by atoms with E-state index in [0.29, 0.717) is 6.04 Å². The molecule has 3 N–H and O–H groups in total. The van der Waals surface area contributed by atoms with Crippen molar-refractivity contribution in [2.75, 3.05) is 19.6 Å². The summed E-state index contributed by atoms with van der Waals surface area (Å²) in [7, 11) is 0. The van der Waals surface area contributed by atoms with E-state index in [2.05, 4.69) is 5.32 Å². The van der Waals surface area contributed by atoms with Crippen LogP contribution in [0.25, 0.3) is 0 Å². The lowest BCUT2D eigenvalue weighted by Crippen LogP contribution is -2.49. The number of urea groups is 1. The molecular formula is C12H23N3O. The molecule has 2 fully saturated rings. The SMILES string of the molecule is NCCC1CCN(C(=O)NC2CCC2)CC1.